The van der Waals surface area contributed by atoms with Crippen LogP contribution in [-0.4, -0.2) is 6.04 Å². The molecule has 1 fully saturated rings. The second kappa shape index (κ2) is 4.23. The molecule has 1 saturated carbocycles. The Morgan fingerprint density at radius 2 is 1.89 bits per heavy atom. The van der Waals surface area contributed by atoms with Crippen LogP contribution < -0.4 is 5.32 Å². The zero-order valence-corrected chi connectivity index (χ0v) is 10.2. The SMILES string of the molecule is CC1(C)CC1NCc1cc(F)cc(C(F)(F)F)c1. The number of benzene rings is 1. The van der Waals surface area contributed by atoms with Crippen LogP contribution in [0.3, 0.4) is 0 Å². The van der Waals surface area contributed by atoms with Gasteiger partial charge in [-0.2, -0.15) is 13.2 Å². The second-order valence-electron chi connectivity index (χ2n) is 5.47. The van der Waals surface area contributed by atoms with E-state index in [1.165, 1.54) is 0 Å². The van der Waals surface area contributed by atoms with Crippen LogP contribution in [0, 0.1) is 11.2 Å². The molecule has 1 aromatic rings. The Hall–Kier alpha value is -1.10. The fraction of sp³-hybridized carbons (Fsp3) is 0.538. The van der Waals surface area contributed by atoms with Gasteiger partial charge in [-0.05, 0) is 35.6 Å². The van der Waals surface area contributed by atoms with Crippen molar-refractivity contribution in [1.29, 1.82) is 0 Å². The average Bonchev–Trinajstić information content (AvgIpc) is 2.81. The Kier molecular flexibility index (Phi) is 3.13. The molecular formula is C13H15F4N. The molecular weight excluding hydrogens is 246 g/mol. The fourth-order valence-electron chi connectivity index (χ4n) is 1.97. The lowest BCUT2D eigenvalue weighted by molar-refractivity contribution is -0.137. The number of hydrogen-bond acceptors (Lipinski definition) is 1. The summed E-state index contributed by atoms with van der Waals surface area (Å²) in [4.78, 5) is 0. The fourth-order valence-corrected chi connectivity index (χ4v) is 1.97. The van der Waals surface area contributed by atoms with E-state index in [4.69, 9.17) is 0 Å². The Morgan fingerprint density at radius 3 is 2.39 bits per heavy atom. The highest BCUT2D eigenvalue weighted by Gasteiger charge is 2.45. The summed E-state index contributed by atoms with van der Waals surface area (Å²) in [7, 11) is 0. The predicted octanol–water partition coefficient (Wildman–Crippen LogP) is 3.73. The maximum absolute atomic E-state index is 13.1. The Morgan fingerprint density at radius 1 is 1.28 bits per heavy atom. The molecule has 0 saturated heterocycles. The third-order valence-electron chi connectivity index (χ3n) is 3.35. The summed E-state index contributed by atoms with van der Waals surface area (Å²) in [5.74, 6) is -0.850. The van der Waals surface area contributed by atoms with Crippen LogP contribution in [0.15, 0.2) is 18.2 Å². The molecule has 100 valence electrons. The van der Waals surface area contributed by atoms with Gasteiger partial charge in [-0.25, -0.2) is 4.39 Å². The maximum atomic E-state index is 13.1. The van der Waals surface area contributed by atoms with Gasteiger partial charge in [0.2, 0.25) is 0 Å². The van der Waals surface area contributed by atoms with E-state index in [1.54, 1.807) is 0 Å². The molecule has 0 heterocycles. The van der Waals surface area contributed by atoms with Crippen LogP contribution >= 0.6 is 0 Å². The monoisotopic (exact) mass is 261 g/mol. The first-order chi connectivity index (χ1) is 8.18. The minimum absolute atomic E-state index is 0.195. The van der Waals surface area contributed by atoms with Gasteiger partial charge in [-0.1, -0.05) is 13.8 Å². The van der Waals surface area contributed by atoms with Gasteiger partial charge in [0.05, 0.1) is 5.56 Å². The number of alkyl halides is 3. The highest BCUT2D eigenvalue weighted by atomic mass is 19.4. The van der Waals surface area contributed by atoms with Crippen LogP contribution in [0.5, 0.6) is 0 Å². The van der Waals surface area contributed by atoms with E-state index in [0.717, 1.165) is 18.6 Å². The quantitative estimate of drug-likeness (QED) is 0.817. The molecule has 1 unspecified atom stereocenters. The molecule has 1 aliphatic rings. The minimum atomic E-state index is -4.50. The average molecular weight is 261 g/mol. The lowest BCUT2D eigenvalue weighted by Crippen LogP contribution is -2.20. The smallest absolute Gasteiger partial charge is 0.309 e. The number of halogens is 4. The van der Waals surface area contributed by atoms with Crippen molar-refractivity contribution in [2.24, 2.45) is 5.41 Å². The molecule has 0 radical (unpaired) electrons. The lowest BCUT2D eigenvalue weighted by atomic mass is 10.1. The van der Waals surface area contributed by atoms with E-state index in [0.29, 0.717) is 17.7 Å². The van der Waals surface area contributed by atoms with Crippen LogP contribution in [0.2, 0.25) is 0 Å². The van der Waals surface area contributed by atoms with Gasteiger partial charge in [0.15, 0.2) is 0 Å². The summed E-state index contributed by atoms with van der Waals surface area (Å²) in [6.45, 7) is 4.42. The molecule has 5 heteroatoms. The highest BCUT2D eigenvalue weighted by molar-refractivity contribution is 5.27. The molecule has 1 N–H and O–H groups in total. The van der Waals surface area contributed by atoms with Gasteiger partial charge in [-0.3, -0.25) is 0 Å². The van der Waals surface area contributed by atoms with E-state index >= 15 is 0 Å². The number of nitrogens with one attached hydrogen (secondary N) is 1. The van der Waals surface area contributed by atoms with Crippen molar-refractivity contribution < 1.29 is 17.6 Å². The van der Waals surface area contributed by atoms with E-state index < -0.39 is 17.6 Å². The van der Waals surface area contributed by atoms with Gasteiger partial charge < -0.3 is 5.32 Å². The first-order valence-corrected chi connectivity index (χ1v) is 5.78. The van der Waals surface area contributed by atoms with Gasteiger partial charge in [0.25, 0.3) is 0 Å². The van der Waals surface area contributed by atoms with Gasteiger partial charge >= 0.3 is 6.18 Å². The molecule has 1 nitrogen and oxygen atoms in total. The summed E-state index contributed by atoms with van der Waals surface area (Å²) in [6, 6.07) is 2.95. The van der Waals surface area contributed by atoms with Crippen LogP contribution in [0.1, 0.15) is 31.4 Å². The summed E-state index contributed by atoms with van der Waals surface area (Å²) < 4.78 is 50.6. The summed E-state index contributed by atoms with van der Waals surface area (Å²) in [6.07, 6.45) is -3.51. The Bertz CT molecular complexity index is 451. The van der Waals surface area contributed by atoms with Crippen molar-refractivity contribution in [3.05, 3.63) is 35.1 Å². The van der Waals surface area contributed by atoms with Crippen LogP contribution in [0.25, 0.3) is 0 Å². The van der Waals surface area contributed by atoms with Crippen LogP contribution in [0.4, 0.5) is 17.6 Å². The normalized spacial score (nSPS) is 22.0. The van der Waals surface area contributed by atoms with E-state index in [-0.39, 0.29) is 12.0 Å². The molecule has 0 spiro atoms. The van der Waals surface area contributed by atoms with Crippen molar-refractivity contribution in [3.63, 3.8) is 0 Å². The van der Waals surface area contributed by atoms with Crippen molar-refractivity contribution in [2.75, 3.05) is 0 Å². The molecule has 0 amide bonds. The summed E-state index contributed by atoms with van der Waals surface area (Å²) >= 11 is 0. The van der Waals surface area contributed by atoms with Crippen molar-refractivity contribution in [3.8, 4) is 0 Å². The van der Waals surface area contributed by atoms with E-state index in [1.807, 2.05) is 0 Å². The molecule has 1 aliphatic carbocycles. The first kappa shape index (κ1) is 13.3. The topological polar surface area (TPSA) is 12.0 Å². The molecule has 0 aromatic heterocycles. The summed E-state index contributed by atoms with van der Waals surface area (Å²) in [5.41, 5.74) is -0.417. The van der Waals surface area contributed by atoms with Crippen LogP contribution in [-0.2, 0) is 12.7 Å². The summed E-state index contributed by atoms with van der Waals surface area (Å²) in [5, 5.41) is 3.14. The van der Waals surface area contributed by atoms with Crippen molar-refractivity contribution >= 4 is 0 Å². The molecule has 2 rings (SSSR count). The Labute approximate surface area is 103 Å². The number of rotatable bonds is 3. The van der Waals surface area contributed by atoms with Crippen molar-refractivity contribution in [2.45, 2.75) is 39.0 Å². The largest absolute Gasteiger partial charge is 0.416 e. The molecule has 0 bridgehead atoms. The van der Waals surface area contributed by atoms with Crippen molar-refractivity contribution in [1.82, 2.24) is 5.32 Å². The first-order valence-electron chi connectivity index (χ1n) is 5.78. The minimum Gasteiger partial charge on any atom is -0.309 e. The molecule has 1 aromatic carbocycles. The Balaban J connectivity index is 2.07. The number of hydrogen-bond donors (Lipinski definition) is 1. The third-order valence-corrected chi connectivity index (χ3v) is 3.35. The third kappa shape index (κ3) is 3.02. The highest BCUT2D eigenvalue weighted by Crippen LogP contribution is 2.44. The predicted molar refractivity (Wildman–Crippen MR) is 60.4 cm³/mol. The molecule has 18 heavy (non-hydrogen) atoms. The second-order valence-corrected chi connectivity index (χ2v) is 5.47. The van der Waals surface area contributed by atoms with E-state index in [2.05, 4.69) is 19.2 Å². The zero-order chi connectivity index (χ0) is 13.6. The molecule has 1 atom stereocenters. The van der Waals surface area contributed by atoms with Gasteiger partial charge in [0, 0.05) is 12.6 Å². The standard InChI is InChI=1S/C13H15F4N/c1-12(2)6-11(12)18-7-8-3-9(13(15,16)17)5-10(14)4-8/h3-5,11,18H,6-7H2,1-2H3. The lowest BCUT2D eigenvalue weighted by Gasteiger charge is -2.11. The zero-order valence-electron chi connectivity index (χ0n) is 10.2. The maximum Gasteiger partial charge on any atom is 0.416 e. The van der Waals surface area contributed by atoms with E-state index in [9.17, 15) is 17.6 Å². The molecule has 0 aliphatic heterocycles. The van der Waals surface area contributed by atoms with Gasteiger partial charge in [0.1, 0.15) is 5.82 Å². The van der Waals surface area contributed by atoms with Gasteiger partial charge in [-0.15, -0.1) is 0 Å².